The largest absolute Gasteiger partial charge is 0.480 e. The van der Waals surface area contributed by atoms with Crippen molar-refractivity contribution in [3.63, 3.8) is 0 Å². The van der Waals surface area contributed by atoms with Crippen LogP contribution in [0.5, 0.6) is 0 Å². The van der Waals surface area contributed by atoms with Crippen LogP contribution in [0.25, 0.3) is 0 Å². The van der Waals surface area contributed by atoms with E-state index in [1.54, 1.807) is 0 Å². The average Bonchev–Trinajstić information content (AvgIpc) is 2.23. The molecule has 0 aromatic carbocycles. The molecule has 0 saturated heterocycles. The Labute approximate surface area is 104 Å². The monoisotopic (exact) mass is 243 g/mol. The molecule has 0 aliphatic heterocycles. The molecule has 0 aromatic heterocycles. The van der Waals surface area contributed by atoms with Crippen LogP contribution in [0, 0.1) is 5.41 Å². The van der Waals surface area contributed by atoms with Crippen LogP contribution in [0.4, 0.5) is 0 Å². The second-order valence-electron chi connectivity index (χ2n) is 4.98. The smallest absolute Gasteiger partial charge is 0.326 e. The van der Waals surface area contributed by atoms with E-state index in [2.05, 4.69) is 12.2 Å². The maximum Gasteiger partial charge on any atom is 0.326 e. The number of carboxylic acids is 1. The molecule has 0 fully saturated rings. The van der Waals surface area contributed by atoms with Crippen molar-refractivity contribution in [2.75, 3.05) is 0 Å². The lowest BCUT2D eigenvalue weighted by atomic mass is 9.74. The first-order valence-corrected chi connectivity index (χ1v) is 6.37. The van der Waals surface area contributed by atoms with Crippen molar-refractivity contribution in [2.45, 2.75) is 65.8 Å². The minimum Gasteiger partial charge on any atom is -0.480 e. The van der Waals surface area contributed by atoms with Gasteiger partial charge in [-0.2, -0.15) is 0 Å². The predicted molar refractivity (Wildman–Crippen MR) is 67.8 cm³/mol. The molecule has 0 bridgehead atoms. The van der Waals surface area contributed by atoms with Crippen molar-refractivity contribution in [1.29, 1.82) is 0 Å². The Hall–Kier alpha value is -1.06. The summed E-state index contributed by atoms with van der Waals surface area (Å²) in [6.07, 6.45) is 4.58. The van der Waals surface area contributed by atoms with Gasteiger partial charge in [0.25, 0.3) is 0 Å². The number of hydrogen-bond donors (Lipinski definition) is 2. The number of nitrogens with one attached hydrogen (secondary N) is 1. The molecule has 17 heavy (non-hydrogen) atoms. The Morgan fingerprint density at radius 3 is 2.18 bits per heavy atom. The highest BCUT2D eigenvalue weighted by atomic mass is 16.4. The van der Waals surface area contributed by atoms with Crippen molar-refractivity contribution in [3.8, 4) is 0 Å². The quantitative estimate of drug-likeness (QED) is 0.688. The molecule has 4 nitrogen and oxygen atoms in total. The van der Waals surface area contributed by atoms with E-state index in [4.69, 9.17) is 0 Å². The maximum atomic E-state index is 11.3. The average molecular weight is 243 g/mol. The molecular formula is C13H25NO3. The highest BCUT2D eigenvalue weighted by molar-refractivity contribution is 5.82. The summed E-state index contributed by atoms with van der Waals surface area (Å²) in [5.74, 6) is -1.22. The Kier molecular flexibility index (Phi) is 6.85. The summed E-state index contributed by atoms with van der Waals surface area (Å²) in [7, 11) is 0. The Morgan fingerprint density at radius 1 is 1.24 bits per heavy atom. The molecule has 0 spiro atoms. The van der Waals surface area contributed by atoms with Gasteiger partial charge in [-0.3, -0.25) is 4.79 Å². The molecular weight excluding hydrogens is 218 g/mol. The SMILES string of the molecule is CCCCC(C)(CCC)C(NC(C)=O)C(=O)O. The van der Waals surface area contributed by atoms with Crippen LogP contribution in [0.2, 0.25) is 0 Å². The standard InChI is InChI=1S/C13H25NO3/c1-5-7-9-13(4,8-6-2)11(12(16)17)14-10(3)15/h11H,5-9H2,1-4H3,(H,14,15)(H,16,17). The van der Waals surface area contributed by atoms with Crippen molar-refractivity contribution in [1.82, 2.24) is 5.32 Å². The van der Waals surface area contributed by atoms with E-state index in [1.165, 1.54) is 6.92 Å². The maximum absolute atomic E-state index is 11.3. The second-order valence-corrected chi connectivity index (χ2v) is 4.98. The van der Waals surface area contributed by atoms with Crippen LogP contribution in [0.3, 0.4) is 0 Å². The molecule has 0 rings (SSSR count). The number of carbonyl (C=O) groups excluding carboxylic acids is 1. The number of unbranched alkanes of at least 4 members (excludes halogenated alkanes) is 1. The fraction of sp³-hybridized carbons (Fsp3) is 0.846. The van der Waals surface area contributed by atoms with Crippen molar-refractivity contribution in [2.24, 2.45) is 5.41 Å². The third-order valence-corrected chi connectivity index (χ3v) is 3.21. The molecule has 2 unspecified atom stereocenters. The summed E-state index contributed by atoms with van der Waals surface area (Å²) >= 11 is 0. The lowest BCUT2D eigenvalue weighted by molar-refractivity contribution is -0.145. The summed E-state index contributed by atoms with van der Waals surface area (Å²) in [5, 5.41) is 11.8. The van der Waals surface area contributed by atoms with E-state index in [1.807, 2.05) is 13.8 Å². The first-order chi connectivity index (χ1) is 7.87. The van der Waals surface area contributed by atoms with E-state index >= 15 is 0 Å². The molecule has 0 radical (unpaired) electrons. The van der Waals surface area contributed by atoms with Gasteiger partial charge < -0.3 is 10.4 Å². The van der Waals surface area contributed by atoms with E-state index in [9.17, 15) is 14.7 Å². The van der Waals surface area contributed by atoms with Gasteiger partial charge in [0.2, 0.25) is 5.91 Å². The molecule has 0 heterocycles. The zero-order chi connectivity index (χ0) is 13.5. The fourth-order valence-corrected chi connectivity index (χ4v) is 2.30. The Balaban J connectivity index is 4.91. The van der Waals surface area contributed by atoms with Crippen LogP contribution in [-0.4, -0.2) is 23.0 Å². The van der Waals surface area contributed by atoms with Crippen molar-refractivity contribution >= 4 is 11.9 Å². The zero-order valence-corrected chi connectivity index (χ0v) is 11.4. The molecule has 0 aliphatic carbocycles. The van der Waals surface area contributed by atoms with Crippen LogP contribution in [-0.2, 0) is 9.59 Å². The Bertz CT molecular complexity index is 265. The lowest BCUT2D eigenvalue weighted by Gasteiger charge is -2.35. The molecule has 0 aromatic rings. The first kappa shape index (κ1) is 15.9. The van der Waals surface area contributed by atoms with Gasteiger partial charge in [-0.1, -0.05) is 40.0 Å². The molecule has 0 aliphatic rings. The van der Waals surface area contributed by atoms with Crippen molar-refractivity contribution < 1.29 is 14.7 Å². The summed E-state index contributed by atoms with van der Waals surface area (Å²) in [4.78, 5) is 22.4. The van der Waals surface area contributed by atoms with Gasteiger partial charge in [0.15, 0.2) is 0 Å². The molecule has 4 heteroatoms. The van der Waals surface area contributed by atoms with E-state index < -0.39 is 12.0 Å². The van der Waals surface area contributed by atoms with Gasteiger partial charge >= 0.3 is 5.97 Å². The number of carboxylic acid groups (broad SMARTS) is 1. The van der Waals surface area contributed by atoms with Crippen LogP contribution in [0.15, 0.2) is 0 Å². The zero-order valence-electron chi connectivity index (χ0n) is 11.4. The normalized spacial score (nSPS) is 16.0. The van der Waals surface area contributed by atoms with Gasteiger partial charge in [0.1, 0.15) is 6.04 Å². The number of carbonyl (C=O) groups is 2. The fourth-order valence-electron chi connectivity index (χ4n) is 2.30. The Morgan fingerprint density at radius 2 is 1.82 bits per heavy atom. The van der Waals surface area contributed by atoms with Gasteiger partial charge in [-0.05, 0) is 18.3 Å². The highest BCUT2D eigenvalue weighted by Crippen LogP contribution is 2.34. The van der Waals surface area contributed by atoms with Crippen LogP contribution < -0.4 is 5.32 Å². The number of amides is 1. The minimum atomic E-state index is -0.938. The third kappa shape index (κ3) is 5.20. The first-order valence-electron chi connectivity index (χ1n) is 6.37. The second kappa shape index (κ2) is 7.30. The summed E-state index contributed by atoms with van der Waals surface area (Å²) in [6.45, 7) is 7.44. The molecule has 1 amide bonds. The van der Waals surface area contributed by atoms with E-state index in [0.717, 1.165) is 32.1 Å². The number of rotatable bonds is 8. The van der Waals surface area contributed by atoms with E-state index in [-0.39, 0.29) is 11.3 Å². The highest BCUT2D eigenvalue weighted by Gasteiger charge is 2.38. The van der Waals surface area contributed by atoms with Crippen LogP contribution >= 0.6 is 0 Å². The molecule has 2 atom stereocenters. The molecule has 2 N–H and O–H groups in total. The van der Waals surface area contributed by atoms with Crippen LogP contribution in [0.1, 0.15) is 59.8 Å². The number of aliphatic carboxylic acids is 1. The molecule has 100 valence electrons. The van der Waals surface area contributed by atoms with Crippen molar-refractivity contribution in [3.05, 3.63) is 0 Å². The topological polar surface area (TPSA) is 66.4 Å². The number of hydrogen-bond acceptors (Lipinski definition) is 2. The van der Waals surface area contributed by atoms with Gasteiger partial charge in [-0.15, -0.1) is 0 Å². The third-order valence-electron chi connectivity index (χ3n) is 3.21. The summed E-state index contributed by atoms with van der Waals surface area (Å²) < 4.78 is 0. The predicted octanol–water partition coefficient (Wildman–Crippen LogP) is 2.57. The minimum absolute atomic E-state index is 0.281. The van der Waals surface area contributed by atoms with Gasteiger partial charge in [0, 0.05) is 6.92 Å². The lowest BCUT2D eigenvalue weighted by Crippen LogP contribution is -2.50. The molecule has 0 saturated carbocycles. The summed E-state index contributed by atoms with van der Waals surface area (Å²) in [5.41, 5.74) is -0.359. The van der Waals surface area contributed by atoms with Gasteiger partial charge in [0.05, 0.1) is 0 Å². The summed E-state index contributed by atoms with van der Waals surface area (Å²) in [6, 6.07) is -0.786. The van der Waals surface area contributed by atoms with E-state index in [0.29, 0.717) is 0 Å². The van der Waals surface area contributed by atoms with Gasteiger partial charge in [-0.25, -0.2) is 4.79 Å².